The lowest BCUT2D eigenvalue weighted by Crippen LogP contribution is -2.35. The Morgan fingerprint density at radius 1 is 1.28 bits per heavy atom. The summed E-state index contributed by atoms with van der Waals surface area (Å²) in [7, 11) is 0. The number of H-pyrrole nitrogens is 1. The number of aromatic nitrogens is 2. The van der Waals surface area contributed by atoms with Gasteiger partial charge in [0, 0.05) is 36.9 Å². The van der Waals surface area contributed by atoms with Gasteiger partial charge in [0.2, 0.25) is 0 Å². The first-order valence-corrected chi connectivity index (χ1v) is 6.94. The standard InChI is InChI=1S/C14H28N4/c1-6-18(7-2)9-8-13-15-10-12(17-13)11-16-14(3,4)5/h10,16H,6-9,11H2,1-5H3,(H,15,17). The average Bonchev–Trinajstić information content (AvgIpc) is 2.75. The van der Waals surface area contributed by atoms with Crippen molar-refractivity contribution in [2.24, 2.45) is 0 Å². The zero-order valence-corrected chi connectivity index (χ0v) is 12.5. The Labute approximate surface area is 111 Å². The number of hydrogen-bond donors (Lipinski definition) is 2. The summed E-state index contributed by atoms with van der Waals surface area (Å²) >= 11 is 0. The predicted octanol–water partition coefficient (Wildman–Crippen LogP) is 2.18. The van der Waals surface area contributed by atoms with Crippen LogP contribution in [0.4, 0.5) is 0 Å². The molecular weight excluding hydrogens is 224 g/mol. The van der Waals surface area contributed by atoms with Crippen molar-refractivity contribution < 1.29 is 0 Å². The molecular formula is C14H28N4. The quantitative estimate of drug-likeness (QED) is 0.782. The van der Waals surface area contributed by atoms with Crippen molar-refractivity contribution in [3.63, 3.8) is 0 Å². The molecule has 0 spiro atoms. The zero-order chi connectivity index (χ0) is 13.6. The molecule has 0 aromatic carbocycles. The molecule has 1 aromatic rings. The van der Waals surface area contributed by atoms with E-state index in [0.717, 1.165) is 38.4 Å². The van der Waals surface area contributed by atoms with Crippen molar-refractivity contribution in [1.29, 1.82) is 0 Å². The molecule has 104 valence electrons. The van der Waals surface area contributed by atoms with Crippen molar-refractivity contribution in [3.05, 3.63) is 17.7 Å². The molecule has 0 atom stereocenters. The van der Waals surface area contributed by atoms with Crippen LogP contribution in [0.15, 0.2) is 6.20 Å². The number of imidazole rings is 1. The van der Waals surface area contributed by atoms with Gasteiger partial charge in [-0.1, -0.05) is 13.8 Å². The third kappa shape index (κ3) is 5.65. The Morgan fingerprint density at radius 3 is 2.50 bits per heavy atom. The molecule has 0 radical (unpaired) electrons. The zero-order valence-electron chi connectivity index (χ0n) is 12.5. The SMILES string of the molecule is CCN(CC)CCc1ncc(CNC(C)(C)C)[nH]1. The van der Waals surface area contributed by atoms with Gasteiger partial charge >= 0.3 is 0 Å². The number of nitrogens with one attached hydrogen (secondary N) is 2. The second kappa shape index (κ2) is 6.90. The highest BCUT2D eigenvalue weighted by Crippen LogP contribution is 2.04. The Balaban J connectivity index is 2.39. The minimum atomic E-state index is 0.145. The van der Waals surface area contributed by atoms with Crippen LogP contribution in [0.2, 0.25) is 0 Å². The van der Waals surface area contributed by atoms with Gasteiger partial charge < -0.3 is 15.2 Å². The molecule has 0 aliphatic carbocycles. The molecule has 18 heavy (non-hydrogen) atoms. The third-order valence-corrected chi connectivity index (χ3v) is 3.05. The van der Waals surface area contributed by atoms with E-state index in [1.807, 2.05) is 6.20 Å². The summed E-state index contributed by atoms with van der Waals surface area (Å²) < 4.78 is 0. The van der Waals surface area contributed by atoms with Crippen molar-refractivity contribution >= 4 is 0 Å². The van der Waals surface area contributed by atoms with Crippen LogP contribution < -0.4 is 5.32 Å². The lowest BCUT2D eigenvalue weighted by Gasteiger charge is -2.19. The first kappa shape index (κ1) is 15.2. The van der Waals surface area contributed by atoms with Gasteiger partial charge in [0.15, 0.2) is 0 Å². The number of nitrogens with zero attached hydrogens (tertiary/aromatic N) is 2. The van der Waals surface area contributed by atoms with Crippen LogP contribution in [0.1, 0.15) is 46.1 Å². The number of likely N-dealkylation sites (N-methyl/N-ethyl adjacent to an activating group) is 1. The summed E-state index contributed by atoms with van der Waals surface area (Å²) in [6.07, 6.45) is 2.94. The van der Waals surface area contributed by atoms with Gasteiger partial charge in [0.25, 0.3) is 0 Å². The highest BCUT2D eigenvalue weighted by Gasteiger charge is 2.09. The molecule has 0 bridgehead atoms. The molecule has 1 rings (SSSR count). The number of aromatic amines is 1. The van der Waals surface area contributed by atoms with Crippen LogP contribution >= 0.6 is 0 Å². The van der Waals surface area contributed by atoms with Crippen LogP contribution in [0.5, 0.6) is 0 Å². The monoisotopic (exact) mass is 252 g/mol. The summed E-state index contributed by atoms with van der Waals surface area (Å²) in [6.45, 7) is 15.0. The molecule has 0 saturated heterocycles. The maximum atomic E-state index is 4.44. The van der Waals surface area contributed by atoms with Crippen LogP contribution in [0.3, 0.4) is 0 Å². The number of hydrogen-bond acceptors (Lipinski definition) is 3. The Hall–Kier alpha value is -0.870. The van der Waals surface area contributed by atoms with Gasteiger partial charge in [0.1, 0.15) is 5.82 Å². The van der Waals surface area contributed by atoms with E-state index < -0.39 is 0 Å². The van der Waals surface area contributed by atoms with Gasteiger partial charge in [-0.15, -0.1) is 0 Å². The summed E-state index contributed by atoms with van der Waals surface area (Å²) in [5.74, 6) is 1.09. The van der Waals surface area contributed by atoms with Crippen molar-refractivity contribution in [2.45, 2.75) is 53.1 Å². The van der Waals surface area contributed by atoms with Gasteiger partial charge in [-0.2, -0.15) is 0 Å². The largest absolute Gasteiger partial charge is 0.345 e. The van der Waals surface area contributed by atoms with Crippen LogP contribution in [0, 0.1) is 0 Å². The number of rotatable bonds is 7. The average molecular weight is 252 g/mol. The lowest BCUT2D eigenvalue weighted by atomic mass is 10.1. The van der Waals surface area contributed by atoms with E-state index in [1.165, 1.54) is 5.69 Å². The molecule has 4 heteroatoms. The predicted molar refractivity (Wildman–Crippen MR) is 76.7 cm³/mol. The van der Waals surface area contributed by atoms with Gasteiger partial charge in [-0.05, 0) is 33.9 Å². The maximum absolute atomic E-state index is 4.44. The van der Waals surface area contributed by atoms with Crippen LogP contribution in [-0.4, -0.2) is 40.0 Å². The van der Waals surface area contributed by atoms with Gasteiger partial charge in [0.05, 0.1) is 0 Å². The van der Waals surface area contributed by atoms with E-state index in [2.05, 4.69) is 54.8 Å². The van der Waals surface area contributed by atoms with Gasteiger partial charge in [-0.25, -0.2) is 4.98 Å². The summed E-state index contributed by atoms with van der Waals surface area (Å²) in [6, 6.07) is 0. The summed E-state index contributed by atoms with van der Waals surface area (Å²) in [5, 5.41) is 3.46. The van der Waals surface area contributed by atoms with Crippen LogP contribution in [-0.2, 0) is 13.0 Å². The normalized spacial score (nSPS) is 12.3. The van der Waals surface area contributed by atoms with Crippen molar-refractivity contribution in [1.82, 2.24) is 20.2 Å². The van der Waals surface area contributed by atoms with E-state index >= 15 is 0 Å². The third-order valence-electron chi connectivity index (χ3n) is 3.05. The molecule has 0 aliphatic heterocycles. The van der Waals surface area contributed by atoms with Crippen LogP contribution in [0.25, 0.3) is 0 Å². The van der Waals surface area contributed by atoms with Gasteiger partial charge in [-0.3, -0.25) is 0 Å². The fourth-order valence-corrected chi connectivity index (χ4v) is 1.79. The lowest BCUT2D eigenvalue weighted by molar-refractivity contribution is 0.306. The molecule has 0 fully saturated rings. The fourth-order valence-electron chi connectivity index (χ4n) is 1.79. The highest BCUT2D eigenvalue weighted by atomic mass is 15.1. The molecule has 1 heterocycles. The fraction of sp³-hybridized carbons (Fsp3) is 0.786. The van der Waals surface area contributed by atoms with Crippen molar-refractivity contribution in [2.75, 3.05) is 19.6 Å². The second-order valence-corrected chi connectivity index (χ2v) is 5.74. The molecule has 1 aromatic heterocycles. The topological polar surface area (TPSA) is 44.0 Å². The molecule has 0 saturated carbocycles. The van der Waals surface area contributed by atoms with E-state index in [4.69, 9.17) is 0 Å². The summed E-state index contributed by atoms with van der Waals surface area (Å²) in [4.78, 5) is 10.2. The van der Waals surface area contributed by atoms with Crippen molar-refractivity contribution in [3.8, 4) is 0 Å². The van der Waals surface area contributed by atoms with E-state index in [0.29, 0.717) is 0 Å². The Kier molecular flexibility index (Phi) is 5.82. The molecule has 0 unspecified atom stereocenters. The second-order valence-electron chi connectivity index (χ2n) is 5.74. The minimum absolute atomic E-state index is 0.145. The van der Waals surface area contributed by atoms with E-state index in [-0.39, 0.29) is 5.54 Å². The first-order chi connectivity index (χ1) is 8.44. The molecule has 0 amide bonds. The van der Waals surface area contributed by atoms with E-state index in [9.17, 15) is 0 Å². The Morgan fingerprint density at radius 2 is 1.94 bits per heavy atom. The molecule has 0 aliphatic rings. The molecule has 2 N–H and O–H groups in total. The highest BCUT2D eigenvalue weighted by molar-refractivity contribution is 5.02. The smallest absolute Gasteiger partial charge is 0.107 e. The Bertz CT molecular complexity index is 334. The minimum Gasteiger partial charge on any atom is -0.345 e. The summed E-state index contributed by atoms with van der Waals surface area (Å²) in [5.41, 5.74) is 1.31. The molecule has 4 nitrogen and oxygen atoms in total. The first-order valence-electron chi connectivity index (χ1n) is 6.94. The maximum Gasteiger partial charge on any atom is 0.107 e. The van der Waals surface area contributed by atoms with E-state index in [1.54, 1.807) is 0 Å².